The molecular weight excluding hydrogens is 188 g/mol. The smallest absolute Gasteiger partial charge is 0.320 e. The summed E-state index contributed by atoms with van der Waals surface area (Å²) < 4.78 is 30.0. The first-order chi connectivity index (χ1) is 7.99. The Morgan fingerprint density at radius 1 is 1.43 bits per heavy atom. The van der Waals surface area contributed by atoms with E-state index >= 15 is 0 Å². The number of hydrogen-bond acceptors (Lipinski definition) is 4. The van der Waals surface area contributed by atoms with E-state index < -0.39 is 50.2 Å². The number of nitrogens with two attached hydrogens (primary N) is 1. The molecular formula is C8H16N2O4. The first-order valence-corrected chi connectivity index (χ1v) is 3.90. The zero-order valence-electron chi connectivity index (χ0n) is 11.5. The molecule has 0 amide bonds. The van der Waals surface area contributed by atoms with Crippen molar-refractivity contribution >= 4 is 11.9 Å². The number of carbonyl (C=O) groups is 2. The fourth-order valence-corrected chi connectivity index (χ4v) is 0.564. The van der Waals surface area contributed by atoms with Gasteiger partial charge in [0.15, 0.2) is 0 Å². The fraction of sp³-hybridized carbons (Fsp3) is 0.750. The summed E-state index contributed by atoms with van der Waals surface area (Å²) in [6.45, 7) is -1.07. The van der Waals surface area contributed by atoms with E-state index in [4.69, 9.17) is 21.4 Å². The topological polar surface area (TPSA) is 113 Å². The van der Waals surface area contributed by atoms with E-state index in [1.165, 1.54) is 0 Å². The number of nitrogens with one attached hydrogen (secondary N) is 1. The molecule has 1 atom stereocenters. The van der Waals surface area contributed by atoms with Gasteiger partial charge in [0.25, 0.3) is 0 Å². The van der Waals surface area contributed by atoms with Crippen LogP contribution in [0.15, 0.2) is 0 Å². The molecule has 0 rings (SSSR count). The molecule has 14 heavy (non-hydrogen) atoms. The lowest BCUT2D eigenvalue weighted by atomic mass is 10.1. The molecule has 0 bridgehead atoms. The van der Waals surface area contributed by atoms with Crippen LogP contribution in [0.1, 0.15) is 24.6 Å². The Morgan fingerprint density at radius 2 is 2.07 bits per heavy atom. The van der Waals surface area contributed by atoms with Gasteiger partial charge in [-0.2, -0.15) is 0 Å². The molecule has 0 heterocycles. The number of carboxylic acid groups (broad SMARTS) is 2. The predicted octanol–water partition coefficient (Wildman–Crippen LogP) is -0.757. The van der Waals surface area contributed by atoms with Gasteiger partial charge in [0, 0.05) is 5.48 Å². The Kier molecular flexibility index (Phi) is 3.74. The van der Waals surface area contributed by atoms with Crippen molar-refractivity contribution in [2.45, 2.75) is 25.2 Å². The molecule has 0 aromatic rings. The lowest BCUT2D eigenvalue weighted by molar-refractivity contribution is -0.138. The minimum atomic E-state index is -2.49. The van der Waals surface area contributed by atoms with Gasteiger partial charge in [0.2, 0.25) is 0 Å². The van der Waals surface area contributed by atoms with Gasteiger partial charge in [-0.05, 0) is 19.3 Å². The Balaban J connectivity index is 4.54. The maximum Gasteiger partial charge on any atom is 0.320 e. The van der Waals surface area contributed by atoms with Gasteiger partial charge in [-0.1, -0.05) is 6.37 Å². The van der Waals surface area contributed by atoms with Gasteiger partial charge < -0.3 is 21.3 Å². The summed E-state index contributed by atoms with van der Waals surface area (Å²) in [7, 11) is 0. The minimum absolute atomic E-state index is 0.513. The van der Waals surface area contributed by atoms with Crippen molar-refractivity contribution in [1.29, 1.82) is 0 Å². The SMILES string of the molecule is [2H]C([2H])(CNCC(=O)O)C([2H])([2H])CC(N)C(=O)O. The van der Waals surface area contributed by atoms with Crippen LogP contribution in [-0.2, 0) is 9.59 Å². The predicted molar refractivity (Wildman–Crippen MR) is 50.0 cm³/mol. The molecule has 6 heteroatoms. The monoisotopic (exact) mass is 208 g/mol. The summed E-state index contributed by atoms with van der Waals surface area (Å²) >= 11 is 0. The molecule has 82 valence electrons. The molecule has 0 aliphatic heterocycles. The first kappa shape index (κ1) is 7.19. The summed E-state index contributed by atoms with van der Waals surface area (Å²) in [5.74, 6) is -2.62. The number of rotatable bonds is 8. The highest BCUT2D eigenvalue weighted by atomic mass is 16.4. The summed E-state index contributed by atoms with van der Waals surface area (Å²) in [4.78, 5) is 20.7. The molecule has 0 saturated heterocycles. The van der Waals surface area contributed by atoms with Gasteiger partial charge in [0.1, 0.15) is 6.04 Å². The highest BCUT2D eigenvalue weighted by Crippen LogP contribution is 1.97. The lowest BCUT2D eigenvalue weighted by Gasteiger charge is -2.05. The van der Waals surface area contributed by atoms with E-state index in [0.29, 0.717) is 0 Å². The molecule has 0 radical (unpaired) electrons. The molecule has 6 nitrogen and oxygen atoms in total. The maximum absolute atomic E-state index is 10.5. The van der Waals surface area contributed by atoms with Crippen molar-refractivity contribution in [2.24, 2.45) is 5.73 Å². The van der Waals surface area contributed by atoms with Gasteiger partial charge >= 0.3 is 11.9 Å². The third-order valence-electron chi connectivity index (χ3n) is 1.25. The second-order valence-electron chi connectivity index (χ2n) is 2.50. The summed E-state index contributed by atoms with van der Waals surface area (Å²) in [6, 6.07) is -1.52. The van der Waals surface area contributed by atoms with Crippen LogP contribution < -0.4 is 11.1 Å². The molecule has 5 N–H and O–H groups in total. The Labute approximate surface area is 87.7 Å². The van der Waals surface area contributed by atoms with Crippen LogP contribution in [0.4, 0.5) is 0 Å². The second-order valence-corrected chi connectivity index (χ2v) is 2.50. The van der Waals surface area contributed by atoms with E-state index in [-0.39, 0.29) is 0 Å². The highest BCUT2D eigenvalue weighted by Gasteiger charge is 2.09. The van der Waals surface area contributed by atoms with Crippen molar-refractivity contribution in [2.75, 3.05) is 13.1 Å². The highest BCUT2D eigenvalue weighted by molar-refractivity contribution is 5.72. The van der Waals surface area contributed by atoms with Gasteiger partial charge in [0.05, 0.1) is 6.54 Å². The van der Waals surface area contributed by atoms with Crippen molar-refractivity contribution in [1.82, 2.24) is 5.32 Å². The van der Waals surface area contributed by atoms with Gasteiger partial charge in [-0.15, -0.1) is 0 Å². The lowest BCUT2D eigenvalue weighted by Crippen LogP contribution is -2.30. The average Bonchev–Trinajstić information content (AvgIpc) is 2.15. The largest absolute Gasteiger partial charge is 0.480 e. The van der Waals surface area contributed by atoms with Crippen LogP contribution in [-0.4, -0.2) is 41.3 Å². The van der Waals surface area contributed by atoms with Crippen LogP contribution in [0.5, 0.6) is 0 Å². The Hall–Kier alpha value is -1.14. The minimum Gasteiger partial charge on any atom is -0.480 e. The molecule has 0 saturated carbocycles. The van der Waals surface area contributed by atoms with E-state index in [1.54, 1.807) is 0 Å². The van der Waals surface area contributed by atoms with E-state index in [0.717, 1.165) is 0 Å². The van der Waals surface area contributed by atoms with Crippen molar-refractivity contribution in [3.05, 3.63) is 0 Å². The second kappa shape index (κ2) is 7.28. The van der Waals surface area contributed by atoms with Crippen molar-refractivity contribution in [3.8, 4) is 0 Å². The summed E-state index contributed by atoms with van der Waals surface area (Å²) in [6.07, 6.45) is -5.63. The average molecular weight is 208 g/mol. The Morgan fingerprint density at radius 3 is 2.57 bits per heavy atom. The normalized spacial score (nSPS) is 18.6. The maximum atomic E-state index is 10.5. The molecule has 0 spiro atoms. The number of hydrogen-bond donors (Lipinski definition) is 4. The zero-order valence-corrected chi connectivity index (χ0v) is 7.49. The molecule has 1 unspecified atom stereocenters. The number of aliphatic carboxylic acids is 2. The van der Waals surface area contributed by atoms with Crippen LogP contribution in [0.2, 0.25) is 0 Å². The molecule has 0 aliphatic rings. The van der Waals surface area contributed by atoms with Crippen molar-refractivity contribution < 1.29 is 25.3 Å². The Bertz CT molecular complexity index is 324. The quantitative estimate of drug-likeness (QED) is 0.417. The van der Waals surface area contributed by atoms with Crippen molar-refractivity contribution in [3.63, 3.8) is 0 Å². The summed E-state index contributed by atoms with van der Waals surface area (Å²) in [5, 5.41) is 19.1. The third kappa shape index (κ3) is 7.51. The molecule has 0 aliphatic carbocycles. The fourth-order valence-electron chi connectivity index (χ4n) is 0.564. The number of carboxylic acids is 2. The molecule has 0 aromatic heterocycles. The zero-order chi connectivity index (χ0) is 14.6. The van der Waals surface area contributed by atoms with Gasteiger partial charge in [-0.3, -0.25) is 9.59 Å². The standard InChI is InChI=1S/C8H16N2O4/c9-6(8(13)14)3-1-2-4-10-5-7(11)12/h6,10H,1-5,9H2,(H,11,12)(H,13,14)/i1D2,2D2. The van der Waals surface area contributed by atoms with E-state index in [2.05, 4.69) is 5.32 Å². The van der Waals surface area contributed by atoms with Crippen LogP contribution in [0.25, 0.3) is 0 Å². The third-order valence-corrected chi connectivity index (χ3v) is 1.25. The van der Waals surface area contributed by atoms with Crippen LogP contribution >= 0.6 is 0 Å². The van der Waals surface area contributed by atoms with E-state index in [9.17, 15) is 9.59 Å². The summed E-state index contributed by atoms with van der Waals surface area (Å²) in [5.41, 5.74) is 5.16. The first-order valence-electron chi connectivity index (χ1n) is 5.90. The van der Waals surface area contributed by atoms with E-state index in [1.807, 2.05) is 0 Å². The van der Waals surface area contributed by atoms with Gasteiger partial charge in [-0.25, -0.2) is 0 Å². The van der Waals surface area contributed by atoms with Crippen LogP contribution in [0.3, 0.4) is 0 Å². The molecule has 0 aromatic carbocycles. The molecule has 0 fully saturated rings. The van der Waals surface area contributed by atoms with Crippen LogP contribution in [0, 0.1) is 0 Å².